The molecule has 108 valence electrons. The normalized spacial score (nSPS) is 26.1. The summed E-state index contributed by atoms with van der Waals surface area (Å²) in [5.74, 6) is 0.972. The van der Waals surface area contributed by atoms with Crippen molar-refractivity contribution < 1.29 is 4.79 Å². The highest BCUT2D eigenvalue weighted by Gasteiger charge is 2.35. The third kappa shape index (κ3) is 2.79. The minimum Gasteiger partial charge on any atom is -0.397 e. The first-order chi connectivity index (χ1) is 9.74. The number of nitrogens with two attached hydrogens (primary N) is 1. The van der Waals surface area contributed by atoms with E-state index in [2.05, 4.69) is 9.88 Å². The largest absolute Gasteiger partial charge is 0.397 e. The summed E-state index contributed by atoms with van der Waals surface area (Å²) in [6.45, 7) is 0.926. The quantitative estimate of drug-likeness (QED) is 0.900. The van der Waals surface area contributed by atoms with E-state index in [-0.39, 0.29) is 5.91 Å². The molecule has 1 saturated carbocycles. The molecule has 2 fully saturated rings. The summed E-state index contributed by atoms with van der Waals surface area (Å²) >= 11 is 0. The van der Waals surface area contributed by atoms with Crippen LogP contribution in [0.4, 0.5) is 5.69 Å². The van der Waals surface area contributed by atoms with Crippen LogP contribution in [-0.4, -0.2) is 28.4 Å². The number of piperidine rings is 1. The van der Waals surface area contributed by atoms with E-state index in [0.29, 0.717) is 18.2 Å². The molecule has 0 unspecified atom stereocenters. The lowest BCUT2D eigenvalue weighted by Crippen LogP contribution is -2.50. The third-order valence-electron chi connectivity index (χ3n) is 4.74. The van der Waals surface area contributed by atoms with E-state index in [1.165, 1.54) is 32.1 Å². The highest BCUT2D eigenvalue weighted by Crippen LogP contribution is 2.35. The Morgan fingerprint density at radius 3 is 2.85 bits per heavy atom. The van der Waals surface area contributed by atoms with Crippen LogP contribution < -0.4 is 5.73 Å². The van der Waals surface area contributed by atoms with Crippen molar-refractivity contribution in [2.24, 2.45) is 5.92 Å². The summed E-state index contributed by atoms with van der Waals surface area (Å²) in [6, 6.07) is 4.16. The number of nitrogens with zero attached hydrogens (tertiary/aromatic N) is 2. The van der Waals surface area contributed by atoms with Crippen molar-refractivity contribution in [2.75, 3.05) is 12.3 Å². The molecule has 2 aliphatic rings. The van der Waals surface area contributed by atoms with Gasteiger partial charge in [-0.15, -0.1) is 0 Å². The minimum absolute atomic E-state index is 0.235. The molecule has 3 rings (SSSR count). The Morgan fingerprint density at radius 2 is 2.05 bits per heavy atom. The maximum atomic E-state index is 12.6. The van der Waals surface area contributed by atoms with Gasteiger partial charge in [0.2, 0.25) is 5.91 Å². The van der Waals surface area contributed by atoms with Crippen molar-refractivity contribution >= 4 is 11.6 Å². The molecule has 1 aromatic rings. The van der Waals surface area contributed by atoms with Crippen molar-refractivity contribution in [3.05, 3.63) is 24.0 Å². The Morgan fingerprint density at radius 1 is 1.25 bits per heavy atom. The molecule has 1 aliphatic carbocycles. The molecule has 0 aromatic carbocycles. The van der Waals surface area contributed by atoms with Crippen molar-refractivity contribution in [1.82, 2.24) is 9.88 Å². The summed E-state index contributed by atoms with van der Waals surface area (Å²) in [7, 11) is 0. The van der Waals surface area contributed by atoms with Gasteiger partial charge in [0.1, 0.15) is 0 Å². The molecule has 4 heteroatoms. The fourth-order valence-electron chi connectivity index (χ4n) is 3.73. The van der Waals surface area contributed by atoms with Crippen LogP contribution in [0.3, 0.4) is 0 Å². The number of nitrogen functional groups attached to an aromatic ring is 1. The molecule has 0 spiro atoms. The molecule has 4 nitrogen and oxygen atoms in total. The molecule has 20 heavy (non-hydrogen) atoms. The van der Waals surface area contributed by atoms with Gasteiger partial charge in [-0.2, -0.15) is 0 Å². The number of aromatic nitrogens is 1. The van der Waals surface area contributed by atoms with Gasteiger partial charge in [0.25, 0.3) is 0 Å². The van der Waals surface area contributed by atoms with E-state index in [4.69, 9.17) is 5.73 Å². The third-order valence-corrected chi connectivity index (χ3v) is 4.74. The number of anilines is 1. The first-order valence-corrected chi connectivity index (χ1v) is 7.74. The average molecular weight is 273 g/mol. The molecule has 1 saturated heterocycles. The second-order valence-corrected chi connectivity index (χ2v) is 6.10. The number of carbonyl (C=O) groups excluding carboxylic acids is 1. The Bertz CT molecular complexity index is 469. The fraction of sp³-hybridized carbons (Fsp3) is 0.625. The van der Waals surface area contributed by atoms with Gasteiger partial charge in [0.05, 0.1) is 18.3 Å². The Labute approximate surface area is 120 Å². The van der Waals surface area contributed by atoms with Gasteiger partial charge in [-0.05, 0) is 43.7 Å². The summed E-state index contributed by atoms with van der Waals surface area (Å²) in [6.07, 6.45) is 9.58. The van der Waals surface area contributed by atoms with E-state index < -0.39 is 0 Å². The standard InChI is InChI=1S/C16H23N3O/c17-13-7-8-14(18-11-13)10-16(20)19-9-3-5-12-4-1-2-6-15(12)19/h7-8,11-12,15H,1-6,9-10,17H2/t12-,15-/m1/s1. The van der Waals surface area contributed by atoms with Gasteiger partial charge < -0.3 is 10.6 Å². The van der Waals surface area contributed by atoms with Crippen molar-refractivity contribution in [3.8, 4) is 0 Å². The van der Waals surface area contributed by atoms with Gasteiger partial charge in [0, 0.05) is 18.3 Å². The SMILES string of the molecule is Nc1ccc(CC(=O)N2CCC[C@H]3CCCC[C@H]32)nc1. The highest BCUT2D eigenvalue weighted by molar-refractivity contribution is 5.79. The van der Waals surface area contributed by atoms with Crippen LogP contribution in [0.5, 0.6) is 0 Å². The molecule has 1 amide bonds. The van der Waals surface area contributed by atoms with E-state index in [9.17, 15) is 4.79 Å². The number of fused-ring (bicyclic) bond motifs is 1. The summed E-state index contributed by atoms with van der Waals surface area (Å²) in [4.78, 5) is 18.9. The van der Waals surface area contributed by atoms with Crippen molar-refractivity contribution in [2.45, 2.75) is 51.0 Å². The van der Waals surface area contributed by atoms with Gasteiger partial charge >= 0.3 is 0 Å². The first kappa shape index (κ1) is 13.4. The van der Waals surface area contributed by atoms with Crippen molar-refractivity contribution in [1.29, 1.82) is 0 Å². The smallest absolute Gasteiger partial charge is 0.228 e. The zero-order valence-corrected chi connectivity index (χ0v) is 11.9. The lowest BCUT2D eigenvalue weighted by molar-refractivity contribution is -0.136. The van der Waals surface area contributed by atoms with Crippen molar-refractivity contribution in [3.63, 3.8) is 0 Å². The Hall–Kier alpha value is -1.58. The maximum Gasteiger partial charge on any atom is 0.228 e. The fourth-order valence-corrected chi connectivity index (χ4v) is 3.73. The van der Waals surface area contributed by atoms with E-state index in [1.54, 1.807) is 6.20 Å². The van der Waals surface area contributed by atoms with Crippen LogP contribution in [-0.2, 0) is 11.2 Å². The molecule has 1 aromatic heterocycles. The topological polar surface area (TPSA) is 59.2 Å². The predicted octanol–water partition coefficient (Wildman–Crippen LogP) is 2.39. The number of rotatable bonds is 2. The number of carbonyl (C=O) groups is 1. The van der Waals surface area contributed by atoms with E-state index in [1.807, 2.05) is 12.1 Å². The van der Waals surface area contributed by atoms with E-state index >= 15 is 0 Å². The van der Waals surface area contributed by atoms with E-state index in [0.717, 1.165) is 24.6 Å². The molecule has 2 heterocycles. The minimum atomic E-state index is 0.235. The van der Waals surface area contributed by atoms with Gasteiger partial charge in [0.15, 0.2) is 0 Å². The Balaban J connectivity index is 1.67. The molecule has 0 bridgehead atoms. The van der Waals surface area contributed by atoms with Crippen LogP contribution in [0, 0.1) is 5.92 Å². The summed E-state index contributed by atoms with van der Waals surface area (Å²) < 4.78 is 0. The van der Waals surface area contributed by atoms with Crippen LogP contribution in [0.15, 0.2) is 18.3 Å². The first-order valence-electron chi connectivity index (χ1n) is 7.74. The second-order valence-electron chi connectivity index (χ2n) is 6.10. The molecule has 1 aliphatic heterocycles. The van der Waals surface area contributed by atoms with Gasteiger partial charge in [-0.25, -0.2) is 0 Å². The Kier molecular flexibility index (Phi) is 3.90. The second kappa shape index (κ2) is 5.81. The zero-order chi connectivity index (χ0) is 13.9. The number of likely N-dealkylation sites (tertiary alicyclic amines) is 1. The lowest BCUT2D eigenvalue weighted by atomic mass is 9.78. The zero-order valence-electron chi connectivity index (χ0n) is 11.9. The molecule has 2 N–H and O–H groups in total. The summed E-state index contributed by atoms with van der Waals surface area (Å²) in [5, 5.41) is 0. The predicted molar refractivity (Wildman–Crippen MR) is 79.0 cm³/mol. The average Bonchev–Trinajstić information content (AvgIpc) is 2.49. The number of amides is 1. The maximum absolute atomic E-state index is 12.6. The molecular formula is C16H23N3O. The van der Waals surface area contributed by atoms with Gasteiger partial charge in [-0.3, -0.25) is 9.78 Å². The number of hydrogen-bond donors (Lipinski definition) is 1. The molecule has 2 atom stereocenters. The van der Waals surface area contributed by atoms with Crippen LogP contribution in [0.1, 0.15) is 44.2 Å². The highest BCUT2D eigenvalue weighted by atomic mass is 16.2. The lowest BCUT2D eigenvalue weighted by Gasteiger charge is -2.44. The van der Waals surface area contributed by atoms with Gasteiger partial charge in [-0.1, -0.05) is 12.8 Å². The van der Waals surface area contributed by atoms with Crippen LogP contribution in [0.2, 0.25) is 0 Å². The van der Waals surface area contributed by atoms with Crippen LogP contribution >= 0.6 is 0 Å². The van der Waals surface area contributed by atoms with Crippen LogP contribution in [0.25, 0.3) is 0 Å². The summed E-state index contributed by atoms with van der Waals surface area (Å²) in [5.41, 5.74) is 7.10. The molecular weight excluding hydrogens is 250 g/mol. The monoisotopic (exact) mass is 273 g/mol. The number of pyridine rings is 1. The number of hydrogen-bond acceptors (Lipinski definition) is 3. The molecule has 0 radical (unpaired) electrons.